The van der Waals surface area contributed by atoms with E-state index < -0.39 is 0 Å². The van der Waals surface area contributed by atoms with E-state index in [9.17, 15) is 4.79 Å². The standard InChI is InChI=1S/C16H26N2O/c1-5-6-11-18(4)16(19)12-17-15-10-8-7-9-14(15)13(2)3/h7-10,13,17H,5-6,11-12H2,1-4H3. The fourth-order valence-electron chi connectivity index (χ4n) is 1.99. The lowest BCUT2D eigenvalue weighted by Gasteiger charge is -2.19. The number of likely N-dealkylation sites (N-methyl/N-ethyl adjacent to an activating group) is 1. The van der Waals surface area contributed by atoms with Gasteiger partial charge in [-0.05, 0) is 24.0 Å². The molecule has 0 bridgehead atoms. The smallest absolute Gasteiger partial charge is 0.241 e. The molecule has 1 aromatic rings. The molecule has 0 aromatic heterocycles. The van der Waals surface area contributed by atoms with Crippen molar-refractivity contribution in [3.8, 4) is 0 Å². The third-order valence-corrected chi connectivity index (χ3v) is 3.29. The van der Waals surface area contributed by atoms with Gasteiger partial charge in [-0.2, -0.15) is 0 Å². The molecule has 0 aliphatic rings. The second-order valence-corrected chi connectivity index (χ2v) is 5.26. The summed E-state index contributed by atoms with van der Waals surface area (Å²) in [6, 6.07) is 8.18. The molecule has 0 saturated carbocycles. The van der Waals surface area contributed by atoms with Gasteiger partial charge in [0.15, 0.2) is 0 Å². The van der Waals surface area contributed by atoms with Crippen LogP contribution in [0.15, 0.2) is 24.3 Å². The molecule has 1 amide bonds. The van der Waals surface area contributed by atoms with Crippen molar-refractivity contribution in [3.05, 3.63) is 29.8 Å². The van der Waals surface area contributed by atoms with Crippen molar-refractivity contribution < 1.29 is 4.79 Å². The van der Waals surface area contributed by atoms with Crippen LogP contribution in [0.1, 0.15) is 45.1 Å². The molecule has 3 nitrogen and oxygen atoms in total. The summed E-state index contributed by atoms with van der Waals surface area (Å²) in [5.74, 6) is 0.601. The fourth-order valence-corrected chi connectivity index (χ4v) is 1.99. The molecule has 1 N–H and O–H groups in total. The van der Waals surface area contributed by atoms with Gasteiger partial charge in [-0.25, -0.2) is 0 Å². The van der Waals surface area contributed by atoms with Gasteiger partial charge in [0.25, 0.3) is 0 Å². The fraction of sp³-hybridized carbons (Fsp3) is 0.562. The van der Waals surface area contributed by atoms with Crippen molar-refractivity contribution in [2.24, 2.45) is 0 Å². The van der Waals surface area contributed by atoms with Gasteiger partial charge in [0.1, 0.15) is 0 Å². The summed E-state index contributed by atoms with van der Waals surface area (Å²) in [7, 11) is 1.87. The molecule has 0 aliphatic carbocycles. The number of nitrogens with zero attached hydrogens (tertiary/aromatic N) is 1. The first-order valence-electron chi connectivity index (χ1n) is 7.13. The number of amides is 1. The van der Waals surface area contributed by atoms with Crippen molar-refractivity contribution >= 4 is 11.6 Å². The molecule has 0 heterocycles. The quantitative estimate of drug-likeness (QED) is 0.816. The molecular weight excluding hydrogens is 236 g/mol. The Kier molecular flexibility index (Phi) is 6.40. The zero-order chi connectivity index (χ0) is 14.3. The van der Waals surface area contributed by atoms with Crippen LogP contribution in [0.3, 0.4) is 0 Å². The van der Waals surface area contributed by atoms with Gasteiger partial charge in [0, 0.05) is 19.3 Å². The lowest BCUT2D eigenvalue weighted by atomic mass is 10.0. The van der Waals surface area contributed by atoms with Crippen LogP contribution in [0.5, 0.6) is 0 Å². The van der Waals surface area contributed by atoms with Crippen molar-refractivity contribution in [2.45, 2.75) is 39.5 Å². The maximum Gasteiger partial charge on any atom is 0.241 e. The van der Waals surface area contributed by atoms with Crippen molar-refractivity contribution in [2.75, 3.05) is 25.5 Å². The molecule has 0 radical (unpaired) electrons. The summed E-state index contributed by atoms with van der Waals surface area (Å²) < 4.78 is 0. The van der Waals surface area contributed by atoms with Crippen LogP contribution in [-0.2, 0) is 4.79 Å². The minimum atomic E-state index is 0.145. The molecule has 3 heteroatoms. The number of hydrogen-bond donors (Lipinski definition) is 1. The maximum atomic E-state index is 12.0. The number of anilines is 1. The van der Waals surface area contributed by atoms with Gasteiger partial charge in [0.2, 0.25) is 5.91 Å². The van der Waals surface area contributed by atoms with Crippen molar-refractivity contribution in [1.82, 2.24) is 4.90 Å². The number of hydrogen-bond acceptors (Lipinski definition) is 2. The summed E-state index contributed by atoms with van der Waals surface area (Å²) in [6.07, 6.45) is 2.17. The molecule has 0 atom stereocenters. The Morgan fingerprint density at radius 2 is 2.00 bits per heavy atom. The highest BCUT2D eigenvalue weighted by atomic mass is 16.2. The van der Waals surface area contributed by atoms with E-state index in [1.54, 1.807) is 4.90 Å². The van der Waals surface area contributed by atoms with Crippen LogP contribution < -0.4 is 5.32 Å². The summed E-state index contributed by atoms with van der Waals surface area (Å²) in [5, 5.41) is 3.26. The van der Waals surface area contributed by atoms with E-state index in [1.165, 1.54) is 5.56 Å². The first-order chi connectivity index (χ1) is 9.06. The minimum absolute atomic E-state index is 0.145. The first kappa shape index (κ1) is 15.5. The zero-order valence-corrected chi connectivity index (χ0v) is 12.6. The highest BCUT2D eigenvalue weighted by Gasteiger charge is 2.10. The Labute approximate surface area is 117 Å². The van der Waals surface area contributed by atoms with Gasteiger partial charge < -0.3 is 10.2 Å². The number of benzene rings is 1. The molecular formula is C16H26N2O. The molecule has 19 heavy (non-hydrogen) atoms. The second-order valence-electron chi connectivity index (χ2n) is 5.26. The molecule has 0 unspecified atom stereocenters. The predicted molar refractivity (Wildman–Crippen MR) is 81.6 cm³/mol. The Hall–Kier alpha value is -1.51. The van der Waals surface area contributed by atoms with Crippen LogP contribution >= 0.6 is 0 Å². The van der Waals surface area contributed by atoms with Crippen molar-refractivity contribution in [3.63, 3.8) is 0 Å². The maximum absolute atomic E-state index is 12.0. The normalized spacial score (nSPS) is 10.6. The van der Waals surface area contributed by atoms with E-state index in [2.05, 4.69) is 32.2 Å². The highest BCUT2D eigenvalue weighted by molar-refractivity contribution is 5.80. The lowest BCUT2D eigenvalue weighted by Crippen LogP contribution is -2.33. The third kappa shape index (κ3) is 4.93. The van der Waals surface area contributed by atoms with Crippen LogP contribution in [-0.4, -0.2) is 30.9 Å². The Morgan fingerprint density at radius 1 is 1.32 bits per heavy atom. The van der Waals surface area contributed by atoms with E-state index in [-0.39, 0.29) is 5.91 Å². The molecule has 0 saturated heterocycles. The van der Waals surface area contributed by atoms with E-state index in [4.69, 9.17) is 0 Å². The number of carbonyl (C=O) groups excluding carboxylic acids is 1. The summed E-state index contributed by atoms with van der Waals surface area (Å²) in [6.45, 7) is 7.66. The van der Waals surface area contributed by atoms with Crippen LogP contribution in [0.4, 0.5) is 5.69 Å². The first-order valence-corrected chi connectivity index (χ1v) is 7.13. The average molecular weight is 262 g/mol. The summed E-state index contributed by atoms with van der Waals surface area (Å²) in [5.41, 5.74) is 2.32. The minimum Gasteiger partial charge on any atom is -0.376 e. The van der Waals surface area contributed by atoms with Gasteiger partial charge in [-0.3, -0.25) is 4.79 Å². The van der Waals surface area contributed by atoms with Gasteiger partial charge in [-0.15, -0.1) is 0 Å². The van der Waals surface area contributed by atoms with E-state index in [0.717, 1.165) is 25.1 Å². The second kappa shape index (κ2) is 7.82. The van der Waals surface area contributed by atoms with E-state index >= 15 is 0 Å². The van der Waals surface area contributed by atoms with Crippen LogP contribution in [0.2, 0.25) is 0 Å². The number of rotatable bonds is 7. The van der Waals surface area contributed by atoms with E-state index in [1.807, 2.05) is 25.2 Å². The number of carbonyl (C=O) groups is 1. The summed E-state index contributed by atoms with van der Waals surface area (Å²) >= 11 is 0. The molecule has 0 aliphatic heterocycles. The van der Waals surface area contributed by atoms with Gasteiger partial charge >= 0.3 is 0 Å². The van der Waals surface area contributed by atoms with Crippen molar-refractivity contribution in [1.29, 1.82) is 0 Å². The Bertz CT molecular complexity index is 401. The monoisotopic (exact) mass is 262 g/mol. The van der Waals surface area contributed by atoms with E-state index in [0.29, 0.717) is 12.5 Å². The van der Waals surface area contributed by atoms with Crippen LogP contribution in [0, 0.1) is 0 Å². The zero-order valence-electron chi connectivity index (χ0n) is 12.6. The predicted octanol–water partition coefficient (Wildman–Crippen LogP) is 3.48. The van der Waals surface area contributed by atoms with Gasteiger partial charge in [-0.1, -0.05) is 45.4 Å². The SMILES string of the molecule is CCCCN(C)C(=O)CNc1ccccc1C(C)C. The lowest BCUT2D eigenvalue weighted by molar-refractivity contribution is -0.128. The molecule has 1 aromatic carbocycles. The Morgan fingerprint density at radius 3 is 2.63 bits per heavy atom. The molecule has 0 fully saturated rings. The average Bonchev–Trinajstić information content (AvgIpc) is 2.42. The third-order valence-electron chi connectivity index (χ3n) is 3.29. The van der Waals surface area contributed by atoms with Crippen LogP contribution in [0.25, 0.3) is 0 Å². The number of nitrogens with one attached hydrogen (secondary N) is 1. The van der Waals surface area contributed by atoms with Gasteiger partial charge in [0.05, 0.1) is 6.54 Å². The number of para-hydroxylation sites is 1. The summed E-state index contributed by atoms with van der Waals surface area (Å²) in [4.78, 5) is 13.8. The number of unbranched alkanes of at least 4 members (excludes halogenated alkanes) is 1. The molecule has 106 valence electrons. The molecule has 0 spiro atoms. The molecule has 1 rings (SSSR count). The largest absolute Gasteiger partial charge is 0.376 e. The Balaban J connectivity index is 2.55. The topological polar surface area (TPSA) is 32.3 Å². The highest BCUT2D eigenvalue weighted by Crippen LogP contribution is 2.23.